The molecule has 5 nitrogen and oxygen atoms in total. The molecule has 0 spiro atoms. The van der Waals surface area contributed by atoms with E-state index in [4.69, 9.17) is 5.73 Å². The lowest BCUT2D eigenvalue weighted by atomic mass is 10.2. The van der Waals surface area contributed by atoms with Gasteiger partial charge in [0.2, 0.25) is 10.0 Å². The van der Waals surface area contributed by atoms with Gasteiger partial charge in [-0.05, 0) is 45.1 Å². The van der Waals surface area contributed by atoms with Gasteiger partial charge in [0, 0.05) is 19.1 Å². The van der Waals surface area contributed by atoms with Crippen molar-refractivity contribution in [2.45, 2.75) is 24.3 Å². The molecule has 106 valence electrons. The third kappa shape index (κ3) is 2.75. The molecule has 1 fully saturated rings. The second-order valence-electron chi connectivity index (χ2n) is 5.31. The van der Waals surface area contributed by atoms with Gasteiger partial charge in [0.05, 0.1) is 5.69 Å². The third-order valence-electron chi connectivity index (χ3n) is 3.64. The first-order valence-corrected chi connectivity index (χ1v) is 7.79. The van der Waals surface area contributed by atoms with Crippen LogP contribution in [0.1, 0.15) is 12.0 Å². The summed E-state index contributed by atoms with van der Waals surface area (Å²) in [5.41, 5.74) is 7.14. The van der Waals surface area contributed by atoms with Crippen LogP contribution in [0.3, 0.4) is 0 Å². The number of nitrogen functional groups attached to an aromatic ring is 1. The highest BCUT2D eigenvalue weighted by Crippen LogP contribution is 2.27. The standard InChI is InChI=1S/C13H21N3O2S/c1-10-4-5-13(12(14)8-10)19(17,18)16-7-6-11(9-16)15(2)3/h4-5,8,11H,6-7,9,14H2,1-3H3. The molecule has 1 atom stereocenters. The number of likely N-dealkylation sites (N-methyl/N-ethyl adjacent to an activating group) is 1. The maximum Gasteiger partial charge on any atom is 0.245 e. The van der Waals surface area contributed by atoms with Gasteiger partial charge in [-0.1, -0.05) is 6.07 Å². The van der Waals surface area contributed by atoms with E-state index in [1.807, 2.05) is 21.0 Å². The first-order chi connectivity index (χ1) is 8.82. The molecule has 1 aliphatic heterocycles. The Hall–Kier alpha value is -1.11. The van der Waals surface area contributed by atoms with Crippen LogP contribution in [0, 0.1) is 6.92 Å². The molecule has 1 unspecified atom stereocenters. The molecule has 1 aromatic carbocycles. The van der Waals surface area contributed by atoms with Gasteiger partial charge in [0.1, 0.15) is 4.90 Å². The molecule has 2 rings (SSSR count). The molecule has 1 saturated heterocycles. The van der Waals surface area contributed by atoms with Crippen LogP contribution in [-0.4, -0.2) is 50.8 Å². The van der Waals surface area contributed by atoms with Crippen molar-refractivity contribution in [2.75, 3.05) is 32.9 Å². The molecule has 1 aliphatic rings. The largest absolute Gasteiger partial charge is 0.398 e. The highest BCUT2D eigenvalue weighted by Gasteiger charge is 2.34. The van der Waals surface area contributed by atoms with Crippen molar-refractivity contribution >= 4 is 15.7 Å². The summed E-state index contributed by atoms with van der Waals surface area (Å²) in [4.78, 5) is 2.28. The minimum atomic E-state index is -3.47. The monoisotopic (exact) mass is 283 g/mol. The Morgan fingerprint density at radius 1 is 1.37 bits per heavy atom. The van der Waals surface area contributed by atoms with Crippen LogP contribution in [0.15, 0.2) is 23.1 Å². The summed E-state index contributed by atoms with van der Waals surface area (Å²) in [7, 11) is 0.476. The fourth-order valence-corrected chi connectivity index (χ4v) is 3.98. The molecule has 0 aromatic heterocycles. The Morgan fingerprint density at radius 2 is 2.05 bits per heavy atom. The van der Waals surface area contributed by atoms with Crippen molar-refractivity contribution < 1.29 is 8.42 Å². The fourth-order valence-electron chi connectivity index (χ4n) is 2.39. The van der Waals surface area contributed by atoms with Crippen LogP contribution in [0.4, 0.5) is 5.69 Å². The molecule has 1 heterocycles. The summed E-state index contributed by atoms with van der Waals surface area (Å²) >= 11 is 0. The van der Waals surface area contributed by atoms with Gasteiger partial charge in [-0.2, -0.15) is 4.31 Å². The van der Waals surface area contributed by atoms with Gasteiger partial charge in [0.15, 0.2) is 0 Å². The molecule has 0 saturated carbocycles. The lowest BCUT2D eigenvalue weighted by molar-refractivity contribution is 0.302. The van der Waals surface area contributed by atoms with Crippen molar-refractivity contribution in [2.24, 2.45) is 0 Å². The Kier molecular flexibility index (Phi) is 3.85. The minimum absolute atomic E-state index is 0.220. The number of aryl methyl sites for hydroxylation is 1. The fraction of sp³-hybridized carbons (Fsp3) is 0.538. The summed E-state index contributed by atoms with van der Waals surface area (Å²) in [5, 5.41) is 0. The Balaban J connectivity index is 2.29. The lowest BCUT2D eigenvalue weighted by Crippen LogP contribution is -2.34. The minimum Gasteiger partial charge on any atom is -0.398 e. The van der Waals surface area contributed by atoms with Crippen molar-refractivity contribution in [3.05, 3.63) is 23.8 Å². The molecule has 0 aliphatic carbocycles. The first-order valence-electron chi connectivity index (χ1n) is 6.35. The number of hydrogen-bond donors (Lipinski definition) is 1. The van der Waals surface area contributed by atoms with E-state index >= 15 is 0 Å². The van der Waals surface area contributed by atoms with Crippen molar-refractivity contribution in [3.63, 3.8) is 0 Å². The number of sulfonamides is 1. The molecule has 2 N–H and O–H groups in total. The normalized spacial score (nSPS) is 21.2. The summed E-state index contributed by atoms with van der Waals surface area (Å²) in [5.74, 6) is 0. The predicted octanol–water partition coefficient (Wildman–Crippen LogP) is 0.902. The van der Waals surface area contributed by atoms with Gasteiger partial charge >= 0.3 is 0 Å². The molecule has 0 radical (unpaired) electrons. The summed E-state index contributed by atoms with van der Waals surface area (Å²) in [6, 6.07) is 5.36. The Morgan fingerprint density at radius 3 is 2.58 bits per heavy atom. The maximum atomic E-state index is 12.6. The number of hydrogen-bond acceptors (Lipinski definition) is 4. The van der Waals surface area contributed by atoms with E-state index < -0.39 is 10.0 Å². The van der Waals surface area contributed by atoms with Crippen molar-refractivity contribution in [1.82, 2.24) is 9.21 Å². The van der Waals surface area contributed by atoms with Crippen LogP contribution >= 0.6 is 0 Å². The number of nitrogens with zero attached hydrogens (tertiary/aromatic N) is 2. The average Bonchev–Trinajstić information content (AvgIpc) is 2.78. The van der Waals surface area contributed by atoms with E-state index in [0.717, 1.165) is 12.0 Å². The number of nitrogens with two attached hydrogens (primary N) is 1. The number of anilines is 1. The van der Waals surface area contributed by atoms with Crippen LogP contribution in [0.5, 0.6) is 0 Å². The van der Waals surface area contributed by atoms with Gasteiger partial charge in [0.25, 0.3) is 0 Å². The number of benzene rings is 1. The van der Waals surface area contributed by atoms with E-state index in [1.165, 1.54) is 4.31 Å². The number of rotatable bonds is 3. The third-order valence-corrected chi connectivity index (χ3v) is 5.58. The molecule has 1 aromatic rings. The van der Waals surface area contributed by atoms with Crippen LogP contribution < -0.4 is 5.73 Å². The average molecular weight is 283 g/mol. The molecule has 0 amide bonds. The van der Waals surface area contributed by atoms with E-state index in [2.05, 4.69) is 4.90 Å². The van der Waals surface area contributed by atoms with Crippen LogP contribution in [-0.2, 0) is 10.0 Å². The van der Waals surface area contributed by atoms with Gasteiger partial charge in [-0.3, -0.25) is 0 Å². The van der Waals surface area contributed by atoms with Gasteiger partial charge < -0.3 is 10.6 Å². The molecule has 0 bridgehead atoms. The van der Waals surface area contributed by atoms with Crippen molar-refractivity contribution in [3.8, 4) is 0 Å². The van der Waals surface area contributed by atoms with Crippen molar-refractivity contribution in [1.29, 1.82) is 0 Å². The quantitative estimate of drug-likeness (QED) is 0.837. The van der Waals surface area contributed by atoms with E-state index in [0.29, 0.717) is 18.8 Å². The summed E-state index contributed by atoms with van der Waals surface area (Å²) in [6.07, 6.45) is 0.859. The zero-order chi connectivity index (χ0) is 14.2. The van der Waals surface area contributed by atoms with Crippen LogP contribution in [0.2, 0.25) is 0 Å². The van der Waals surface area contributed by atoms with Crippen LogP contribution in [0.25, 0.3) is 0 Å². The van der Waals surface area contributed by atoms with Gasteiger partial charge in [-0.15, -0.1) is 0 Å². The zero-order valence-electron chi connectivity index (χ0n) is 11.6. The molecule has 19 heavy (non-hydrogen) atoms. The predicted molar refractivity (Wildman–Crippen MR) is 76.4 cm³/mol. The summed E-state index contributed by atoms with van der Waals surface area (Å²) in [6.45, 7) is 2.98. The lowest BCUT2D eigenvalue weighted by Gasteiger charge is -2.21. The second kappa shape index (κ2) is 5.11. The SMILES string of the molecule is Cc1ccc(S(=O)(=O)N2CCC(N(C)C)C2)c(N)c1. The van der Waals surface area contributed by atoms with Gasteiger partial charge in [-0.25, -0.2) is 8.42 Å². The molecular formula is C13H21N3O2S. The molecule has 6 heteroatoms. The second-order valence-corrected chi connectivity index (χ2v) is 7.22. The van der Waals surface area contributed by atoms with E-state index in [1.54, 1.807) is 18.2 Å². The highest BCUT2D eigenvalue weighted by atomic mass is 32.2. The maximum absolute atomic E-state index is 12.6. The first kappa shape index (κ1) is 14.3. The highest BCUT2D eigenvalue weighted by molar-refractivity contribution is 7.89. The topological polar surface area (TPSA) is 66.6 Å². The smallest absolute Gasteiger partial charge is 0.245 e. The Bertz CT molecular complexity index is 569. The van der Waals surface area contributed by atoms with E-state index in [9.17, 15) is 8.42 Å². The summed E-state index contributed by atoms with van der Waals surface area (Å²) < 4.78 is 26.7. The van der Waals surface area contributed by atoms with E-state index in [-0.39, 0.29) is 10.9 Å². The Labute approximate surface area is 115 Å². The molecular weight excluding hydrogens is 262 g/mol. The zero-order valence-corrected chi connectivity index (χ0v) is 12.4.